The first-order chi connectivity index (χ1) is 8.29. The van der Waals surface area contributed by atoms with Crippen molar-refractivity contribution in [3.63, 3.8) is 0 Å². The molecule has 0 radical (unpaired) electrons. The van der Waals surface area contributed by atoms with E-state index < -0.39 is 0 Å². The lowest BCUT2D eigenvalue weighted by Crippen LogP contribution is -2.11. The van der Waals surface area contributed by atoms with E-state index in [0.717, 1.165) is 30.6 Å². The molecule has 0 aliphatic carbocycles. The van der Waals surface area contributed by atoms with Crippen LogP contribution in [0.25, 0.3) is 0 Å². The molecule has 1 unspecified atom stereocenters. The average Bonchev–Trinajstić information content (AvgIpc) is 2.86. The first-order valence-electron chi connectivity index (χ1n) is 5.97. The minimum absolute atomic E-state index is 0.0392. The van der Waals surface area contributed by atoms with Crippen LogP contribution in [0.2, 0.25) is 0 Å². The molecule has 2 aromatic heterocycles. The summed E-state index contributed by atoms with van der Waals surface area (Å²) in [6.45, 7) is 2.95. The fourth-order valence-electron chi connectivity index (χ4n) is 1.76. The van der Waals surface area contributed by atoms with Crippen LogP contribution in [0.1, 0.15) is 30.6 Å². The van der Waals surface area contributed by atoms with E-state index in [9.17, 15) is 0 Å². The van der Waals surface area contributed by atoms with Gasteiger partial charge < -0.3 is 5.73 Å². The van der Waals surface area contributed by atoms with Gasteiger partial charge in [-0.15, -0.1) is 0 Å². The maximum Gasteiger partial charge on any atom is 0.0537 e. The summed E-state index contributed by atoms with van der Waals surface area (Å²) in [5.74, 6) is 0. The molecule has 2 heterocycles. The smallest absolute Gasteiger partial charge is 0.0537 e. The number of nitrogens with zero attached hydrogens (tertiary/aromatic N) is 3. The fourth-order valence-corrected chi connectivity index (χ4v) is 1.76. The van der Waals surface area contributed by atoms with Gasteiger partial charge in [-0.3, -0.25) is 9.67 Å². The Kier molecular flexibility index (Phi) is 3.88. The van der Waals surface area contributed by atoms with E-state index in [-0.39, 0.29) is 6.04 Å². The van der Waals surface area contributed by atoms with Crippen LogP contribution >= 0.6 is 0 Å². The number of nitrogens with two attached hydrogens (primary N) is 1. The molecule has 0 amide bonds. The Morgan fingerprint density at radius 1 is 1.41 bits per heavy atom. The van der Waals surface area contributed by atoms with Crippen molar-refractivity contribution < 1.29 is 0 Å². The maximum absolute atomic E-state index is 6.13. The summed E-state index contributed by atoms with van der Waals surface area (Å²) in [6.07, 6.45) is 7.48. The Morgan fingerprint density at radius 2 is 2.29 bits per heavy atom. The molecule has 0 aliphatic heterocycles. The highest BCUT2D eigenvalue weighted by Crippen LogP contribution is 2.15. The van der Waals surface area contributed by atoms with Crippen LogP contribution in [0.15, 0.2) is 36.8 Å². The molecule has 0 bridgehead atoms. The molecule has 0 aromatic carbocycles. The summed E-state index contributed by atoms with van der Waals surface area (Å²) in [4.78, 5) is 4.29. The minimum atomic E-state index is 0.0392. The molecular weight excluding hydrogens is 212 g/mol. The highest BCUT2D eigenvalue weighted by atomic mass is 15.3. The second kappa shape index (κ2) is 5.59. The normalized spacial score (nSPS) is 12.6. The van der Waals surface area contributed by atoms with Crippen molar-refractivity contribution >= 4 is 0 Å². The summed E-state index contributed by atoms with van der Waals surface area (Å²) in [5, 5.41) is 4.23. The van der Waals surface area contributed by atoms with Crippen molar-refractivity contribution in [3.05, 3.63) is 48.0 Å². The Labute approximate surface area is 101 Å². The van der Waals surface area contributed by atoms with Gasteiger partial charge in [0, 0.05) is 36.2 Å². The predicted molar refractivity (Wildman–Crippen MR) is 67.4 cm³/mol. The van der Waals surface area contributed by atoms with Crippen LogP contribution in [0.4, 0.5) is 0 Å². The number of aromatic nitrogens is 3. The SMILES string of the molecule is CCn1cc(C(N)CCc2ccccn2)cn1. The van der Waals surface area contributed by atoms with Gasteiger partial charge in [-0.2, -0.15) is 5.10 Å². The summed E-state index contributed by atoms with van der Waals surface area (Å²) < 4.78 is 1.90. The largest absolute Gasteiger partial charge is 0.324 e. The fraction of sp³-hybridized carbons (Fsp3) is 0.385. The van der Waals surface area contributed by atoms with Gasteiger partial charge in [0.15, 0.2) is 0 Å². The van der Waals surface area contributed by atoms with Crippen LogP contribution in [0, 0.1) is 0 Å². The van der Waals surface area contributed by atoms with Crippen LogP contribution in [0.5, 0.6) is 0 Å². The van der Waals surface area contributed by atoms with Crippen molar-refractivity contribution in [2.45, 2.75) is 32.4 Å². The second-order valence-corrected chi connectivity index (χ2v) is 4.10. The lowest BCUT2D eigenvalue weighted by atomic mass is 10.1. The first kappa shape index (κ1) is 11.8. The van der Waals surface area contributed by atoms with E-state index in [2.05, 4.69) is 17.0 Å². The molecule has 2 N–H and O–H groups in total. The summed E-state index contributed by atoms with van der Waals surface area (Å²) in [6, 6.07) is 6.00. The Balaban J connectivity index is 1.91. The van der Waals surface area contributed by atoms with E-state index in [1.807, 2.05) is 41.5 Å². The second-order valence-electron chi connectivity index (χ2n) is 4.10. The van der Waals surface area contributed by atoms with Crippen molar-refractivity contribution in [2.24, 2.45) is 5.73 Å². The first-order valence-corrected chi connectivity index (χ1v) is 5.97. The van der Waals surface area contributed by atoms with Gasteiger partial charge in [0.05, 0.1) is 6.20 Å². The number of hydrogen-bond donors (Lipinski definition) is 1. The van der Waals surface area contributed by atoms with Crippen LogP contribution in [0.3, 0.4) is 0 Å². The molecular formula is C13H18N4. The maximum atomic E-state index is 6.13. The minimum Gasteiger partial charge on any atom is -0.324 e. The monoisotopic (exact) mass is 230 g/mol. The zero-order chi connectivity index (χ0) is 12.1. The zero-order valence-electron chi connectivity index (χ0n) is 10.1. The summed E-state index contributed by atoms with van der Waals surface area (Å²) >= 11 is 0. The van der Waals surface area contributed by atoms with Gasteiger partial charge >= 0.3 is 0 Å². The third kappa shape index (κ3) is 3.14. The average molecular weight is 230 g/mol. The Hall–Kier alpha value is -1.68. The van der Waals surface area contributed by atoms with Crippen LogP contribution < -0.4 is 5.73 Å². The van der Waals surface area contributed by atoms with Crippen molar-refractivity contribution in [1.82, 2.24) is 14.8 Å². The van der Waals surface area contributed by atoms with E-state index in [1.165, 1.54) is 0 Å². The van der Waals surface area contributed by atoms with Crippen molar-refractivity contribution in [2.75, 3.05) is 0 Å². The summed E-state index contributed by atoms with van der Waals surface area (Å²) in [7, 11) is 0. The quantitative estimate of drug-likeness (QED) is 0.854. The zero-order valence-corrected chi connectivity index (χ0v) is 10.1. The molecule has 2 rings (SSSR count). The van der Waals surface area contributed by atoms with Crippen molar-refractivity contribution in [3.8, 4) is 0 Å². The molecule has 0 saturated carbocycles. The standard InChI is InChI=1S/C13H18N4/c1-2-17-10-11(9-16-17)13(14)7-6-12-5-3-4-8-15-12/h3-5,8-10,13H,2,6-7,14H2,1H3. The molecule has 0 fully saturated rings. The Bertz CT molecular complexity index is 449. The lowest BCUT2D eigenvalue weighted by molar-refractivity contribution is 0.635. The molecule has 4 nitrogen and oxygen atoms in total. The molecule has 4 heteroatoms. The summed E-state index contributed by atoms with van der Waals surface area (Å²) in [5.41, 5.74) is 8.32. The number of rotatable bonds is 5. The van der Waals surface area contributed by atoms with Gasteiger partial charge in [-0.25, -0.2) is 0 Å². The van der Waals surface area contributed by atoms with E-state index >= 15 is 0 Å². The molecule has 90 valence electrons. The number of pyridine rings is 1. The molecule has 17 heavy (non-hydrogen) atoms. The lowest BCUT2D eigenvalue weighted by Gasteiger charge is -2.08. The van der Waals surface area contributed by atoms with Gasteiger partial charge in [0.1, 0.15) is 0 Å². The topological polar surface area (TPSA) is 56.7 Å². The van der Waals surface area contributed by atoms with Gasteiger partial charge in [0.2, 0.25) is 0 Å². The third-order valence-corrected chi connectivity index (χ3v) is 2.84. The molecule has 1 atom stereocenters. The molecule has 0 saturated heterocycles. The molecule has 0 aliphatic rings. The van der Waals surface area contributed by atoms with E-state index in [0.29, 0.717) is 0 Å². The van der Waals surface area contributed by atoms with Gasteiger partial charge in [-0.1, -0.05) is 6.07 Å². The van der Waals surface area contributed by atoms with Gasteiger partial charge in [-0.05, 0) is 31.9 Å². The van der Waals surface area contributed by atoms with E-state index in [4.69, 9.17) is 5.73 Å². The van der Waals surface area contributed by atoms with Crippen LogP contribution in [-0.2, 0) is 13.0 Å². The Morgan fingerprint density at radius 3 is 2.94 bits per heavy atom. The highest BCUT2D eigenvalue weighted by Gasteiger charge is 2.08. The third-order valence-electron chi connectivity index (χ3n) is 2.84. The number of aryl methyl sites for hydroxylation is 2. The highest BCUT2D eigenvalue weighted by molar-refractivity contribution is 5.11. The van der Waals surface area contributed by atoms with Crippen LogP contribution in [-0.4, -0.2) is 14.8 Å². The number of hydrogen-bond acceptors (Lipinski definition) is 3. The molecule has 2 aromatic rings. The molecule has 0 spiro atoms. The van der Waals surface area contributed by atoms with E-state index in [1.54, 1.807) is 0 Å². The predicted octanol–water partition coefficient (Wildman–Crippen LogP) is 1.93. The van der Waals surface area contributed by atoms with Gasteiger partial charge in [0.25, 0.3) is 0 Å². The van der Waals surface area contributed by atoms with Crippen molar-refractivity contribution in [1.29, 1.82) is 0 Å².